The van der Waals surface area contributed by atoms with E-state index in [1.54, 1.807) is 12.1 Å². The summed E-state index contributed by atoms with van der Waals surface area (Å²) in [7, 11) is 0. The molecule has 2 aromatic rings. The van der Waals surface area contributed by atoms with Crippen molar-refractivity contribution in [3.63, 3.8) is 0 Å². The topological polar surface area (TPSA) is 85.4 Å². The first kappa shape index (κ1) is 14.0. The van der Waals surface area contributed by atoms with Gasteiger partial charge >= 0.3 is 5.82 Å². The second kappa shape index (κ2) is 6.14. The van der Waals surface area contributed by atoms with E-state index >= 15 is 0 Å². The summed E-state index contributed by atoms with van der Waals surface area (Å²) in [6, 6.07) is 3.72. The Labute approximate surface area is 116 Å². The molecule has 1 unspecified atom stereocenters. The van der Waals surface area contributed by atoms with Crippen molar-refractivity contribution in [3.05, 3.63) is 41.1 Å². The van der Waals surface area contributed by atoms with Gasteiger partial charge in [-0.1, -0.05) is 15.7 Å². The van der Waals surface area contributed by atoms with Crippen LogP contribution >= 0.6 is 0 Å². The van der Waals surface area contributed by atoms with Gasteiger partial charge in [-0.25, -0.2) is 4.98 Å². The molecule has 0 aliphatic carbocycles. The van der Waals surface area contributed by atoms with Gasteiger partial charge in [0.25, 0.3) is 0 Å². The van der Waals surface area contributed by atoms with Crippen molar-refractivity contribution < 1.29 is 4.92 Å². The molecule has 0 spiro atoms. The molecule has 2 rings (SSSR count). The van der Waals surface area contributed by atoms with E-state index in [9.17, 15) is 10.1 Å². The van der Waals surface area contributed by atoms with Gasteiger partial charge in [0.1, 0.15) is 6.20 Å². The van der Waals surface area contributed by atoms with Gasteiger partial charge in [0.2, 0.25) is 5.65 Å². The SMILES string of the molecule is C=CCCCC(C)Nc1ccc2ncc([N+](=O)[O-])n2n1. The van der Waals surface area contributed by atoms with Crippen LogP contribution in [-0.2, 0) is 0 Å². The Bertz CT molecular complexity index is 622. The maximum absolute atomic E-state index is 10.9. The first-order valence-electron chi connectivity index (χ1n) is 6.48. The van der Waals surface area contributed by atoms with Gasteiger partial charge in [-0.3, -0.25) is 0 Å². The lowest BCUT2D eigenvalue weighted by Gasteiger charge is -2.12. The highest BCUT2D eigenvalue weighted by atomic mass is 16.6. The van der Waals surface area contributed by atoms with Crippen LogP contribution in [0.2, 0.25) is 0 Å². The maximum atomic E-state index is 10.9. The monoisotopic (exact) mass is 275 g/mol. The molecule has 7 heteroatoms. The molecule has 7 nitrogen and oxygen atoms in total. The van der Waals surface area contributed by atoms with E-state index < -0.39 is 4.92 Å². The van der Waals surface area contributed by atoms with Gasteiger partial charge in [-0.15, -0.1) is 6.58 Å². The first-order chi connectivity index (χ1) is 9.61. The number of nitrogens with zero attached hydrogens (tertiary/aromatic N) is 4. The highest BCUT2D eigenvalue weighted by molar-refractivity contribution is 5.48. The number of rotatable bonds is 7. The smallest absolute Gasteiger partial charge is 0.365 e. The summed E-state index contributed by atoms with van der Waals surface area (Å²) in [5.41, 5.74) is 0.460. The predicted octanol–water partition coefficient (Wildman–Crippen LogP) is 2.79. The molecule has 0 radical (unpaired) electrons. The minimum Gasteiger partial charge on any atom is -0.365 e. The van der Waals surface area contributed by atoms with E-state index in [1.165, 1.54) is 10.7 Å². The molecule has 1 N–H and O–H groups in total. The number of nitrogens with one attached hydrogen (secondary N) is 1. The van der Waals surface area contributed by atoms with Crippen molar-refractivity contribution >= 4 is 17.3 Å². The lowest BCUT2D eigenvalue weighted by atomic mass is 10.1. The second-order valence-electron chi connectivity index (χ2n) is 4.63. The minimum atomic E-state index is -0.496. The van der Waals surface area contributed by atoms with Crippen molar-refractivity contribution in [2.45, 2.75) is 32.2 Å². The minimum absolute atomic E-state index is 0.136. The van der Waals surface area contributed by atoms with Gasteiger partial charge in [-0.2, -0.15) is 0 Å². The van der Waals surface area contributed by atoms with Crippen molar-refractivity contribution in [1.29, 1.82) is 0 Å². The zero-order chi connectivity index (χ0) is 14.5. The highest BCUT2D eigenvalue weighted by Crippen LogP contribution is 2.15. The fraction of sp³-hybridized carbons (Fsp3) is 0.385. The van der Waals surface area contributed by atoms with Crippen molar-refractivity contribution in [2.24, 2.45) is 0 Å². The number of imidazole rings is 1. The summed E-state index contributed by atoms with van der Waals surface area (Å²) in [6.07, 6.45) is 6.11. The summed E-state index contributed by atoms with van der Waals surface area (Å²) in [4.78, 5) is 14.3. The lowest BCUT2D eigenvalue weighted by molar-refractivity contribution is -0.391. The number of anilines is 1. The van der Waals surface area contributed by atoms with E-state index in [-0.39, 0.29) is 11.9 Å². The average molecular weight is 275 g/mol. The molecule has 0 amide bonds. The maximum Gasteiger partial charge on any atom is 0.368 e. The molecule has 0 saturated heterocycles. The zero-order valence-corrected chi connectivity index (χ0v) is 11.3. The highest BCUT2D eigenvalue weighted by Gasteiger charge is 2.16. The summed E-state index contributed by atoms with van der Waals surface area (Å²) < 4.78 is 1.23. The fourth-order valence-corrected chi connectivity index (χ4v) is 1.96. The molecule has 0 aliphatic heterocycles. The van der Waals surface area contributed by atoms with E-state index in [1.807, 2.05) is 6.08 Å². The number of fused-ring (bicyclic) bond motifs is 1. The van der Waals surface area contributed by atoms with Crippen LogP contribution in [0, 0.1) is 10.1 Å². The predicted molar refractivity (Wildman–Crippen MR) is 76.8 cm³/mol. The average Bonchev–Trinajstić information content (AvgIpc) is 2.82. The molecular weight excluding hydrogens is 258 g/mol. The molecule has 0 bridgehead atoms. The van der Waals surface area contributed by atoms with Crippen LogP contribution < -0.4 is 5.32 Å². The summed E-state index contributed by atoms with van der Waals surface area (Å²) >= 11 is 0. The van der Waals surface area contributed by atoms with Crippen molar-refractivity contribution in [1.82, 2.24) is 14.6 Å². The molecule has 0 saturated carbocycles. The normalized spacial score (nSPS) is 12.2. The van der Waals surface area contributed by atoms with Gasteiger partial charge < -0.3 is 15.4 Å². The Morgan fingerprint density at radius 1 is 1.60 bits per heavy atom. The van der Waals surface area contributed by atoms with Crippen LogP contribution in [-0.4, -0.2) is 25.6 Å². The molecule has 0 aliphatic rings. The molecule has 20 heavy (non-hydrogen) atoms. The molecule has 0 aromatic carbocycles. The third-order valence-electron chi connectivity index (χ3n) is 2.97. The summed E-state index contributed by atoms with van der Waals surface area (Å²) in [6.45, 7) is 5.74. The third-order valence-corrected chi connectivity index (χ3v) is 2.97. The number of unbranched alkanes of at least 4 members (excludes halogenated alkanes) is 1. The third kappa shape index (κ3) is 3.11. The molecule has 2 aromatic heterocycles. The van der Waals surface area contributed by atoms with Gasteiger partial charge in [0, 0.05) is 12.1 Å². The van der Waals surface area contributed by atoms with Gasteiger partial charge in [-0.05, 0) is 37.2 Å². The lowest BCUT2D eigenvalue weighted by Crippen LogP contribution is -2.16. The molecule has 106 valence electrons. The summed E-state index contributed by atoms with van der Waals surface area (Å²) in [5.74, 6) is 0.465. The Morgan fingerprint density at radius 2 is 2.40 bits per heavy atom. The van der Waals surface area contributed by atoms with Crippen LogP contribution in [0.1, 0.15) is 26.2 Å². The number of hydrogen-bond acceptors (Lipinski definition) is 5. The van der Waals surface area contributed by atoms with Crippen LogP contribution in [0.4, 0.5) is 11.6 Å². The Morgan fingerprint density at radius 3 is 3.10 bits per heavy atom. The molecular formula is C13H17N5O2. The Hall–Kier alpha value is -2.44. The van der Waals surface area contributed by atoms with Gasteiger partial charge in [0.15, 0.2) is 5.82 Å². The standard InChI is InChI=1S/C13H17N5O2/c1-3-4-5-6-10(2)15-11-7-8-12-14-9-13(18(19)20)17(12)16-11/h3,7-10H,1,4-6H2,2H3,(H,15,16). The van der Waals surface area contributed by atoms with Crippen LogP contribution in [0.25, 0.3) is 5.65 Å². The zero-order valence-electron chi connectivity index (χ0n) is 11.3. The van der Waals surface area contributed by atoms with Gasteiger partial charge in [0.05, 0.1) is 0 Å². The number of allylic oxidation sites excluding steroid dienone is 1. The number of aromatic nitrogens is 3. The molecule has 0 fully saturated rings. The largest absolute Gasteiger partial charge is 0.368 e. The van der Waals surface area contributed by atoms with E-state index in [4.69, 9.17) is 0 Å². The molecule has 2 heterocycles. The van der Waals surface area contributed by atoms with Crippen molar-refractivity contribution in [2.75, 3.05) is 5.32 Å². The number of nitro groups is 1. The molecule has 1 atom stereocenters. The second-order valence-corrected chi connectivity index (χ2v) is 4.63. The summed E-state index contributed by atoms with van der Waals surface area (Å²) in [5, 5.41) is 18.3. The Balaban J connectivity index is 2.12. The van der Waals surface area contributed by atoms with Crippen LogP contribution in [0.15, 0.2) is 31.0 Å². The van der Waals surface area contributed by atoms with Crippen LogP contribution in [0.5, 0.6) is 0 Å². The Kier molecular flexibility index (Phi) is 4.29. The fourth-order valence-electron chi connectivity index (χ4n) is 1.96. The van der Waals surface area contributed by atoms with Crippen molar-refractivity contribution in [3.8, 4) is 0 Å². The van der Waals surface area contributed by atoms with Crippen LogP contribution in [0.3, 0.4) is 0 Å². The van der Waals surface area contributed by atoms with E-state index in [2.05, 4.69) is 28.9 Å². The number of hydrogen-bond donors (Lipinski definition) is 1. The first-order valence-corrected chi connectivity index (χ1v) is 6.48. The van der Waals surface area contributed by atoms with E-state index in [0.717, 1.165) is 19.3 Å². The quantitative estimate of drug-likeness (QED) is 0.363. The van der Waals surface area contributed by atoms with E-state index in [0.29, 0.717) is 11.5 Å².